The van der Waals surface area contributed by atoms with Crippen LogP contribution in [0.3, 0.4) is 0 Å². The van der Waals surface area contributed by atoms with Crippen molar-refractivity contribution in [3.8, 4) is 0 Å². The molecule has 1 rings (SSSR count). The molecule has 0 amide bonds. The van der Waals surface area contributed by atoms with Crippen molar-refractivity contribution in [2.45, 2.75) is 32.1 Å². The third kappa shape index (κ3) is 4.86. The van der Waals surface area contributed by atoms with Crippen LogP contribution in [-0.4, -0.2) is 27.2 Å². The first-order valence-electron chi connectivity index (χ1n) is 5.03. The van der Waals surface area contributed by atoms with Crippen LogP contribution in [-0.2, 0) is 17.3 Å². The van der Waals surface area contributed by atoms with Crippen LogP contribution in [0.15, 0.2) is 5.38 Å². The molecule has 1 heterocycles. The predicted molar refractivity (Wildman–Crippen MR) is 66.7 cm³/mol. The number of aryl methyl sites for hydroxylation is 1. The number of nitrogens with zero attached hydrogens (tertiary/aromatic N) is 1. The SMILES string of the molecule is Cc1csc(CNCCC(C)S(C)=O)n1. The van der Waals surface area contributed by atoms with Gasteiger partial charge in [-0.15, -0.1) is 11.3 Å². The second-order valence-electron chi connectivity index (χ2n) is 3.66. The smallest absolute Gasteiger partial charge is 0.107 e. The van der Waals surface area contributed by atoms with E-state index in [4.69, 9.17) is 0 Å². The Hall–Kier alpha value is -0.260. The molecule has 5 heteroatoms. The van der Waals surface area contributed by atoms with E-state index in [0.29, 0.717) is 0 Å². The highest BCUT2D eigenvalue weighted by Crippen LogP contribution is 2.07. The van der Waals surface area contributed by atoms with E-state index >= 15 is 0 Å². The Labute approximate surface area is 97.8 Å². The molecule has 0 fully saturated rings. The molecular weight excluding hydrogens is 228 g/mol. The van der Waals surface area contributed by atoms with Gasteiger partial charge in [-0.3, -0.25) is 4.21 Å². The van der Waals surface area contributed by atoms with Crippen molar-refractivity contribution in [1.29, 1.82) is 0 Å². The quantitative estimate of drug-likeness (QED) is 0.777. The van der Waals surface area contributed by atoms with E-state index in [1.54, 1.807) is 17.6 Å². The second-order valence-corrected chi connectivity index (χ2v) is 6.40. The van der Waals surface area contributed by atoms with E-state index in [9.17, 15) is 4.21 Å². The molecule has 1 aromatic rings. The molecule has 0 aliphatic heterocycles. The molecule has 0 saturated carbocycles. The van der Waals surface area contributed by atoms with Crippen molar-refractivity contribution in [2.24, 2.45) is 0 Å². The summed E-state index contributed by atoms with van der Waals surface area (Å²) in [6.07, 6.45) is 2.71. The number of thiazole rings is 1. The average molecular weight is 246 g/mol. The van der Waals surface area contributed by atoms with E-state index < -0.39 is 10.8 Å². The molecule has 0 saturated heterocycles. The number of nitrogens with one attached hydrogen (secondary N) is 1. The van der Waals surface area contributed by atoms with Crippen LogP contribution in [0.4, 0.5) is 0 Å². The van der Waals surface area contributed by atoms with Gasteiger partial charge in [-0.25, -0.2) is 4.98 Å². The summed E-state index contributed by atoms with van der Waals surface area (Å²) in [5.41, 5.74) is 1.08. The normalized spacial score (nSPS) is 15.1. The first-order valence-corrected chi connectivity index (χ1v) is 7.53. The number of rotatable bonds is 6. The van der Waals surface area contributed by atoms with E-state index in [-0.39, 0.29) is 5.25 Å². The predicted octanol–water partition coefficient (Wildman–Crippen LogP) is 1.70. The zero-order valence-electron chi connectivity index (χ0n) is 9.45. The topological polar surface area (TPSA) is 42.0 Å². The average Bonchev–Trinajstić information content (AvgIpc) is 2.58. The summed E-state index contributed by atoms with van der Waals surface area (Å²) in [6, 6.07) is 0. The second kappa shape index (κ2) is 6.35. The van der Waals surface area contributed by atoms with Crippen LogP contribution >= 0.6 is 11.3 Å². The molecule has 2 atom stereocenters. The number of hydrogen-bond acceptors (Lipinski definition) is 4. The third-order valence-electron chi connectivity index (χ3n) is 2.24. The summed E-state index contributed by atoms with van der Waals surface area (Å²) in [6.45, 7) is 5.74. The Balaban J connectivity index is 2.14. The Morgan fingerprint density at radius 1 is 1.67 bits per heavy atom. The molecule has 3 nitrogen and oxygen atoms in total. The van der Waals surface area contributed by atoms with Crippen LogP contribution in [0.2, 0.25) is 0 Å². The Morgan fingerprint density at radius 2 is 2.40 bits per heavy atom. The highest BCUT2D eigenvalue weighted by molar-refractivity contribution is 7.84. The maximum absolute atomic E-state index is 11.1. The van der Waals surface area contributed by atoms with Crippen LogP contribution < -0.4 is 5.32 Å². The Bertz CT molecular complexity index is 325. The zero-order valence-corrected chi connectivity index (χ0v) is 11.1. The fourth-order valence-electron chi connectivity index (χ4n) is 1.15. The molecule has 0 aromatic carbocycles. The molecule has 1 N–H and O–H groups in total. The lowest BCUT2D eigenvalue weighted by Crippen LogP contribution is -2.20. The summed E-state index contributed by atoms with van der Waals surface area (Å²) in [5.74, 6) is 0. The van der Waals surface area contributed by atoms with Gasteiger partial charge in [-0.2, -0.15) is 0 Å². The lowest BCUT2D eigenvalue weighted by molar-refractivity contribution is 0.627. The van der Waals surface area contributed by atoms with Gasteiger partial charge in [-0.05, 0) is 19.9 Å². The molecule has 0 aliphatic rings. The Kier molecular flexibility index (Phi) is 5.42. The summed E-state index contributed by atoms with van der Waals surface area (Å²) in [5, 5.41) is 6.77. The van der Waals surface area contributed by atoms with E-state index in [0.717, 1.165) is 30.2 Å². The van der Waals surface area contributed by atoms with E-state index in [1.165, 1.54) is 0 Å². The minimum atomic E-state index is -0.707. The van der Waals surface area contributed by atoms with Crippen molar-refractivity contribution in [2.75, 3.05) is 12.8 Å². The van der Waals surface area contributed by atoms with Gasteiger partial charge in [0.15, 0.2) is 0 Å². The molecular formula is C10H18N2OS2. The van der Waals surface area contributed by atoms with E-state index in [2.05, 4.69) is 15.7 Å². The van der Waals surface area contributed by atoms with Gasteiger partial charge >= 0.3 is 0 Å². The molecule has 1 aromatic heterocycles. The third-order valence-corrected chi connectivity index (χ3v) is 4.57. The lowest BCUT2D eigenvalue weighted by atomic mass is 10.3. The number of hydrogen-bond donors (Lipinski definition) is 1. The maximum atomic E-state index is 11.1. The van der Waals surface area contributed by atoms with Gasteiger partial charge in [0, 0.05) is 39.9 Å². The monoisotopic (exact) mass is 246 g/mol. The standard InChI is InChI=1S/C10H18N2OS2/c1-8-7-14-10(12-8)6-11-5-4-9(2)15(3)13/h7,9,11H,4-6H2,1-3H3. The molecule has 0 aliphatic carbocycles. The van der Waals surface area contributed by atoms with Crippen LogP contribution in [0.5, 0.6) is 0 Å². The zero-order chi connectivity index (χ0) is 11.3. The summed E-state index contributed by atoms with van der Waals surface area (Å²) in [4.78, 5) is 4.36. The van der Waals surface area contributed by atoms with Gasteiger partial charge in [0.2, 0.25) is 0 Å². The Morgan fingerprint density at radius 3 is 2.93 bits per heavy atom. The van der Waals surface area contributed by atoms with Gasteiger partial charge in [-0.1, -0.05) is 6.92 Å². The summed E-state index contributed by atoms with van der Waals surface area (Å²) < 4.78 is 11.1. The van der Waals surface area contributed by atoms with Gasteiger partial charge in [0.1, 0.15) is 5.01 Å². The van der Waals surface area contributed by atoms with Crippen molar-refractivity contribution in [3.05, 3.63) is 16.1 Å². The van der Waals surface area contributed by atoms with Gasteiger partial charge < -0.3 is 5.32 Å². The van der Waals surface area contributed by atoms with Crippen LogP contribution in [0.1, 0.15) is 24.0 Å². The molecule has 86 valence electrons. The fraction of sp³-hybridized carbons (Fsp3) is 0.700. The van der Waals surface area contributed by atoms with Crippen molar-refractivity contribution in [3.63, 3.8) is 0 Å². The summed E-state index contributed by atoms with van der Waals surface area (Å²) >= 11 is 1.68. The van der Waals surface area contributed by atoms with Crippen molar-refractivity contribution >= 4 is 22.1 Å². The van der Waals surface area contributed by atoms with Crippen molar-refractivity contribution < 1.29 is 4.21 Å². The first-order chi connectivity index (χ1) is 7.09. The minimum absolute atomic E-state index is 0.274. The van der Waals surface area contributed by atoms with Crippen LogP contribution in [0, 0.1) is 6.92 Å². The molecule has 0 spiro atoms. The lowest BCUT2D eigenvalue weighted by Gasteiger charge is -2.07. The van der Waals surface area contributed by atoms with Crippen LogP contribution in [0.25, 0.3) is 0 Å². The van der Waals surface area contributed by atoms with Crippen molar-refractivity contribution in [1.82, 2.24) is 10.3 Å². The fourth-order valence-corrected chi connectivity index (χ4v) is 2.34. The largest absolute Gasteiger partial charge is 0.310 e. The molecule has 0 bridgehead atoms. The first kappa shape index (κ1) is 12.8. The highest BCUT2D eigenvalue weighted by Gasteiger charge is 2.05. The molecule has 2 unspecified atom stereocenters. The summed E-state index contributed by atoms with van der Waals surface area (Å²) in [7, 11) is -0.707. The molecule has 15 heavy (non-hydrogen) atoms. The van der Waals surface area contributed by atoms with Gasteiger partial charge in [0.25, 0.3) is 0 Å². The van der Waals surface area contributed by atoms with E-state index in [1.807, 2.05) is 13.8 Å². The maximum Gasteiger partial charge on any atom is 0.107 e. The minimum Gasteiger partial charge on any atom is -0.310 e. The highest BCUT2D eigenvalue weighted by atomic mass is 32.2. The number of aromatic nitrogens is 1. The molecule has 0 radical (unpaired) electrons. The van der Waals surface area contributed by atoms with Gasteiger partial charge in [0.05, 0.1) is 0 Å².